The minimum absolute atomic E-state index is 0.0360. The molecule has 4 nitrogen and oxygen atoms in total. The third-order valence-electron chi connectivity index (χ3n) is 5.33. The van der Waals surface area contributed by atoms with E-state index in [1.165, 1.54) is 37.5 Å². The second-order valence-corrected chi connectivity index (χ2v) is 7.97. The Balaban J connectivity index is 1.58. The van der Waals surface area contributed by atoms with Crippen molar-refractivity contribution in [2.45, 2.75) is 30.2 Å². The lowest BCUT2D eigenvalue weighted by atomic mass is 10.0. The Hall–Kier alpha value is -1.14. The molecule has 3 aliphatic carbocycles. The molecule has 0 aliphatic heterocycles. The van der Waals surface area contributed by atoms with Crippen molar-refractivity contribution in [2.24, 2.45) is 23.7 Å². The first-order valence-electron chi connectivity index (χ1n) is 7.05. The summed E-state index contributed by atoms with van der Waals surface area (Å²) in [7, 11) is -3.73. The van der Waals surface area contributed by atoms with Gasteiger partial charge in [0.2, 0.25) is 10.0 Å². The number of sulfonamides is 1. The molecule has 2 bridgehead atoms. The van der Waals surface area contributed by atoms with Gasteiger partial charge in [0.15, 0.2) is 0 Å². The van der Waals surface area contributed by atoms with Crippen LogP contribution in [-0.2, 0) is 10.0 Å². The van der Waals surface area contributed by atoms with Crippen LogP contribution in [0.25, 0.3) is 0 Å². The zero-order valence-corrected chi connectivity index (χ0v) is 11.7. The van der Waals surface area contributed by atoms with Crippen molar-refractivity contribution in [3.05, 3.63) is 24.0 Å². The van der Waals surface area contributed by atoms with E-state index in [1.807, 2.05) is 0 Å². The summed E-state index contributed by atoms with van der Waals surface area (Å²) >= 11 is 0. The number of nitrogen functional groups attached to an aromatic ring is 1. The molecule has 1 aromatic rings. The highest BCUT2D eigenvalue weighted by Gasteiger charge is 2.65. The van der Waals surface area contributed by atoms with E-state index in [0.29, 0.717) is 23.7 Å². The number of fused-ring (bicyclic) bond motifs is 5. The van der Waals surface area contributed by atoms with Gasteiger partial charge < -0.3 is 5.73 Å². The minimum atomic E-state index is -3.73. The number of hydrogen-bond donors (Lipinski definition) is 2. The third-order valence-corrected chi connectivity index (χ3v) is 6.85. The minimum Gasteiger partial charge on any atom is -0.395 e. The van der Waals surface area contributed by atoms with Gasteiger partial charge in [-0.1, -0.05) is 6.07 Å². The van der Waals surface area contributed by atoms with Gasteiger partial charge in [0.1, 0.15) is 10.7 Å². The molecule has 3 N–H and O–H groups in total. The molecule has 3 fully saturated rings. The molecule has 3 saturated carbocycles. The largest absolute Gasteiger partial charge is 0.395 e. The fraction of sp³-hybridized carbons (Fsp3) is 0.571. The van der Waals surface area contributed by atoms with Crippen LogP contribution >= 0.6 is 0 Å². The lowest BCUT2D eigenvalue weighted by molar-refractivity contribution is 0.456. The molecule has 0 spiro atoms. The van der Waals surface area contributed by atoms with Crippen LogP contribution in [-0.4, -0.2) is 14.5 Å². The Kier molecular flexibility index (Phi) is 2.49. The van der Waals surface area contributed by atoms with Gasteiger partial charge in [0, 0.05) is 6.04 Å². The fourth-order valence-electron chi connectivity index (χ4n) is 4.48. The predicted octanol–water partition coefficient (Wildman–Crippen LogP) is 1.73. The summed E-state index contributed by atoms with van der Waals surface area (Å²) in [5.41, 5.74) is 5.26. The van der Waals surface area contributed by atoms with E-state index in [-0.39, 0.29) is 16.6 Å². The monoisotopic (exact) mass is 296 g/mol. The standard InChI is InChI=1S/C14H17FN2O2S/c15-9-2-1-3-10(13(9)16)20(18,19)17-14-11-7-4-5-8(6-7)12(11)14/h1-3,7-8,11-12,14,17H,4-6,16H2. The molecule has 0 saturated heterocycles. The molecule has 6 heteroatoms. The van der Waals surface area contributed by atoms with Gasteiger partial charge >= 0.3 is 0 Å². The van der Waals surface area contributed by atoms with E-state index in [4.69, 9.17) is 5.73 Å². The average molecular weight is 296 g/mol. The smallest absolute Gasteiger partial charge is 0.242 e. The molecule has 108 valence electrons. The van der Waals surface area contributed by atoms with Crippen LogP contribution in [0.5, 0.6) is 0 Å². The summed E-state index contributed by atoms with van der Waals surface area (Å²) in [6, 6.07) is 3.93. The van der Waals surface area contributed by atoms with Gasteiger partial charge in [-0.15, -0.1) is 0 Å². The van der Waals surface area contributed by atoms with Crippen molar-refractivity contribution in [1.29, 1.82) is 0 Å². The van der Waals surface area contributed by atoms with Crippen molar-refractivity contribution in [1.82, 2.24) is 4.72 Å². The molecule has 3 aliphatic rings. The van der Waals surface area contributed by atoms with E-state index in [2.05, 4.69) is 4.72 Å². The normalized spacial score (nSPS) is 38.0. The van der Waals surface area contributed by atoms with Crippen molar-refractivity contribution >= 4 is 15.7 Å². The number of nitrogens with one attached hydrogen (secondary N) is 1. The summed E-state index contributed by atoms with van der Waals surface area (Å²) in [4.78, 5) is -0.144. The first kappa shape index (κ1) is 12.6. The van der Waals surface area contributed by atoms with E-state index < -0.39 is 15.8 Å². The molecule has 0 heterocycles. The first-order valence-corrected chi connectivity index (χ1v) is 8.53. The fourth-order valence-corrected chi connectivity index (χ4v) is 5.92. The number of para-hydroxylation sites is 1. The highest BCUT2D eigenvalue weighted by Crippen LogP contribution is 2.65. The molecule has 0 radical (unpaired) electrons. The summed E-state index contributed by atoms with van der Waals surface area (Å²) in [5, 5.41) is 0. The second kappa shape index (κ2) is 3.95. The van der Waals surface area contributed by atoms with E-state index in [0.717, 1.165) is 0 Å². The van der Waals surface area contributed by atoms with Crippen LogP contribution in [0.2, 0.25) is 0 Å². The Morgan fingerprint density at radius 2 is 1.85 bits per heavy atom. The number of rotatable bonds is 3. The Bertz CT molecular complexity index is 660. The predicted molar refractivity (Wildman–Crippen MR) is 72.7 cm³/mol. The SMILES string of the molecule is Nc1c(F)cccc1S(=O)(=O)NC1C2C3CCC(C3)C12. The van der Waals surface area contributed by atoms with Crippen molar-refractivity contribution < 1.29 is 12.8 Å². The zero-order valence-electron chi connectivity index (χ0n) is 10.9. The average Bonchev–Trinajstić information content (AvgIpc) is 2.81. The highest BCUT2D eigenvalue weighted by atomic mass is 32.2. The topological polar surface area (TPSA) is 72.2 Å². The third kappa shape index (κ3) is 1.64. The van der Waals surface area contributed by atoms with Crippen LogP contribution in [0.4, 0.5) is 10.1 Å². The molecule has 1 aromatic carbocycles. The number of benzene rings is 1. The van der Waals surface area contributed by atoms with Crippen LogP contribution in [0.1, 0.15) is 19.3 Å². The number of hydrogen-bond acceptors (Lipinski definition) is 3. The number of halogens is 1. The van der Waals surface area contributed by atoms with Gasteiger partial charge in [0.05, 0.1) is 5.69 Å². The van der Waals surface area contributed by atoms with Crippen LogP contribution in [0.15, 0.2) is 23.1 Å². The quantitative estimate of drug-likeness (QED) is 0.834. The summed E-state index contributed by atoms with van der Waals surface area (Å²) < 4.78 is 40.9. The van der Waals surface area contributed by atoms with Gasteiger partial charge in [0.25, 0.3) is 0 Å². The summed E-state index contributed by atoms with van der Waals surface area (Å²) in [6.45, 7) is 0. The van der Waals surface area contributed by atoms with Crippen molar-refractivity contribution in [2.75, 3.05) is 5.73 Å². The lowest BCUT2D eigenvalue weighted by Crippen LogP contribution is -2.30. The molecular formula is C14H17FN2O2S. The molecular weight excluding hydrogens is 279 g/mol. The maximum Gasteiger partial charge on any atom is 0.242 e. The molecule has 20 heavy (non-hydrogen) atoms. The van der Waals surface area contributed by atoms with Gasteiger partial charge in [-0.05, 0) is 55.1 Å². The molecule has 4 atom stereocenters. The Morgan fingerprint density at radius 1 is 1.20 bits per heavy atom. The van der Waals surface area contributed by atoms with Gasteiger partial charge in [-0.3, -0.25) is 0 Å². The highest BCUT2D eigenvalue weighted by molar-refractivity contribution is 7.89. The lowest BCUT2D eigenvalue weighted by Gasteiger charge is -2.12. The first-order chi connectivity index (χ1) is 9.49. The van der Waals surface area contributed by atoms with E-state index in [9.17, 15) is 12.8 Å². The van der Waals surface area contributed by atoms with Gasteiger partial charge in [-0.2, -0.15) is 0 Å². The zero-order chi connectivity index (χ0) is 14.1. The van der Waals surface area contributed by atoms with Crippen LogP contribution in [0.3, 0.4) is 0 Å². The summed E-state index contributed by atoms with van der Waals surface area (Å²) in [5.74, 6) is 1.67. The molecule has 4 rings (SSSR count). The van der Waals surface area contributed by atoms with Crippen molar-refractivity contribution in [3.8, 4) is 0 Å². The van der Waals surface area contributed by atoms with E-state index in [1.54, 1.807) is 0 Å². The second-order valence-electron chi connectivity index (χ2n) is 6.29. The summed E-state index contributed by atoms with van der Waals surface area (Å²) in [6.07, 6.45) is 3.72. The molecule has 0 aromatic heterocycles. The maximum atomic E-state index is 13.4. The molecule has 4 unspecified atom stereocenters. The van der Waals surface area contributed by atoms with E-state index >= 15 is 0 Å². The Morgan fingerprint density at radius 3 is 2.50 bits per heavy atom. The van der Waals surface area contributed by atoms with Crippen LogP contribution < -0.4 is 10.5 Å². The van der Waals surface area contributed by atoms with Crippen molar-refractivity contribution in [3.63, 3.8) is 0 Å². The molecule has 0 amide bonds. The number of nitrogens with two attached hydrogens (primary N) is 1. The number of anilines is 1. The maximum absolute atomic E-state index is 13.4. The Labute approximate surface area is 117 Å². The van der Waals surface area contributed by atoms with Gasteiger partial charge in [-0.25, -0.2) is 17.5 Å². The van der Waals surface area contributed by atoms with Crippen LogP contribution in [0, 0.1) is 29.5 Å².